The smallest absolute Gasteiger partial charge is 0.349 e. The number of carbonyl (C=O) groups excluding carboxylic acids is 1. The first-order valence-corrected chi connectivity index (χ1v) is 10.5. The summed E-state index contributed by atoms with van der Waals surface area (Å²) in [5.41, 5.74) is -0.310. The summed E-state index contributed by atoms with van der Waals surface area (Å²) in [5.74, 6) is 0.0165. The van der Waals surface area contributed by atoms with Gasteiger partial charge in [-0.2, -0.15) is 5.10 Å². The summed E-state index contributed by atoms with van der Waals surface area (Å²) in [6, 6.07) is 8.24. The van der Waals surface area contributed by atoms with Gasteiger partial charge in [0.2, 0.25) is 0 Å². The number of fused-ring (bicyclic) bond motifs is 1. The molecule has 1 heterocycles. The minimum atomic E-state index is -0.878. The molecule has 3 aromatic rings. The van der Waals surface area contributed by atoms with E-state index >= 15 is 0 Å². The zero-order valence-electron chi connectivity index (χ0n) is 16.6. The minimum absolute atomic E-state index is 0.269. The molecule has 31 heavy (non-hydrogen) atoms. The molecule has 0 aliphatic heterocycles. The van der Waals surface area contributed by atoms with E-state index in [0.29, 0.717) is 31.2 Å². The molecule has 0 bridgehead atoms. The SMILES string of the molecule is COC(=O)[C@@H](C)Oc1c(OC)cc(C=Nn2c(=O)[nH]c3ccccc3c2=O)c(Br)c1Br. The van der Waals surface area contributed by atoms with E-state index in [-0.39, 0.29) is 5.75 Å². The standard InChI is InChI=1S/C20H17Br2N3O6/c1-10(19(27)30-3)31-17-14(29-2)8-11(15(21)16(17)22)9-23-25-18(26)12-6-4-5-7-13(12)24-20(25)28/h4-10H,1-3H3,(H,24,28)/t10-/m1/s1. The molecule has 11 heteroatoms. The van der Waals surface area contributed by atoms with Crippen molar-refractivity contribution < 1.29 is 19.0 Å². The largest absolute Gasteiger partial charge is 0.493 e. The number of esters is 1. The monoisotopic (exact) mass is 553 g/mol. The molecular weight excluding hydrogens is 538 g/mol. The van der Waals surface area contributed by atoms with Crippen molar-refractivity contribution >= 4 is 54.9 Å². The number of methoxy groups -OCH3 is 2. The summed E-state index contributed by atoms with van der Waals surface area (Å²) in [6.45, 7) is 1.54. The van der Waals surface area contributed by atoms with Crippen LogP contribution in [0.3, 0.4) is 0 Å². The summed E-state index contributed by atoms with van der Waals surface area (Å²) in [6.07, 6.45) is 0.451. The van der Waals surface area contributed by atoms with Crippen LogP contribution in [0.5, 0.6) is 11.5 Å². The zero-order chi connectivity index (χ0) is 22.7. The quantitative estimate of drug-likeness (QED) is 0.370. The van der Waals surface area contributed by atoms with Gasteiger partial charge in [-0.25, -0.2) is 9.59 Å². The predicted octanol–water partition coefficient (Wildman–Crippen LogP) is 3.05. The van der Waals surface area contributed by atoms with Gasteiger partial charge in [-0.3, -0.25) is 4.79 Å². The first-order valence-electron chi connectivity index (χ1n) is 8.87. The Balaban J connectivity index is 2.05. The third-order valence-corrected chi connectivity index (χ3v) is 6.44. The van der Waals surface area contributed by atoms with Crippen molar-refractivity contribution in [2.45, 2.75) is 13.0 Å². The van der Waals surface area contributed by atoms with Crippen LogP contribution < -0.4 is 20.7 Å². The average molecular weight is 555 g/mol. The highest BCUT2D eigenvalue weighted by Gasteiger charge is 2.22. The van der Waals surface area contributed by atoms with E-state index in [1.807, 2.05) is 0 Å². The van der Waals surface area contributed by atoms with E-state index in [9.17, 15) is 14.4 Å². The van der Waals surface area contributed by atoms with Crippen LogP contribution in [-0.2, 0) is 9.53 Å². The van der Waals surface area contributed by atoms with E-state index in [4.69, 9.17) is 9.47 Å². The van der Waals surface area contributed by atoms with Gasteiger partial charge in [-0.1, -0.05) is 12.1 Å². The van der Waals surface area contributed by atoms with Crippen LogP contribution in [0.4, 0.5) is 0 Å². The molecule has 1 atom stereocenters. The van der Waals surface area contributed by atoms with Gasteiger partial charge in [-0.05, 0) is 57.0 Å². The molecule has 0 saturated heterocycles. The summed E-state index contributed by atoms with van der Waals surface area (Å²) in [5, 5.41) is 4.38. The lowest BCUT2D eigenvalue weighted by atomic mass is 10.2. The highest BCUT2D eigenvalue weighted by molar-refractivity contribution is 9.13. The van der Waals surface area contributed by atoms with Gasteiger partial charge in [0, 0.05) is 10.0 Å². The molecule has 0 amide bonds. The lowest BCUT2D eigenvalue weighted by molar-refractivity contribution is -0.147. The van der Waals surface area contributed by atoms with Crippen LogP contribution in [0.25, 0.3) is 10.9 Å². The zero-order valence-corrected chi connectivity index (χ0v) is 19.8. The van der Waals surface area contributed by atoms with Crippen molar-refractivity contribution in [2.75, 3.05) is 14.2 Å². The fourth-order valence-corrected chi connectivity index (χ4v) is 3.64. The molecule has 1 N–H and O–H groups in total. The van der Waals surface area contributed by atoms with Gasteiger partial charge in [-0.15, -0.1) is 4.68 Å². The predicted molar refractivity (Wildman–Crippen MR) is 122 cm³/mol. The number of rotatable bonds is 6. The molecule has 0 unspecified atom stereocenters. The minimum Gasteiger partial charge on any atom is -0.493 e. The maximum Gasteiger partial charge on any atom is 0.349 e. The Kier molecular flexibility index (Phi) is 6.96. The molecule has 0 spiro atoms. The summed E-state index contributed by atoms with van der Waals surface area (Å²) in [4.78, 5) is 39.2. The Morgan fingerprint density at radius 1 is 1.19 bits per heavy atom. The number of benzene rings is 2. The number of halogens is 2. The van der Waals surface area contributed by atoms with Gasteiger partial charge in [0.05, 0.1) is 35.8 Å². The fraction of sp³-hybridized carbons (Fsp3) is 0.200. The Bertz CT molecular complexity index is 1300. The Morgan fingerprint density at radius 3 is 2.58 bits per heavy atom. The number of ether oxygens (including phenoxy) is 3. The third-order valence-electron chi connectivity index (χ3n) is 4.30. The van der Waals surface area contributed by atoms with Crippen molar-refractivity contribution in [3.63, 3.8) is 0 Å². The van der Waals surface area contributed by atoms with Crippen molar-refractivity contribution in [2.24, 2.45) is 5.10 Å². The maximum atomic E-state index is 12.6. The van der Waals surface area contributed by atoms with E-state index in [1.54, 1.807) is 37.3 Å². The molecule has 9 nitrogen and oxygen atoms in total. The maximum absolute atomic E-state index is 12.6. The molecule has 0 aliphatic rings. The second-order valence-corrected chi connectivity index (χ2v) is 7.83. The van der Waals surface area contributed by atoms with Crippen LogP contribution >= 0.6 is 31.9 Å². The van der Waals surface area contributed by atoms with Gasteiger partial charge < -0.3 is 19.2 Å². The lowest BCUT2D eigenvalue weighted by Crippen LogP contribution is -2.32. The normalized spacial score (nSPS) is 12.2. The number of aromatic amines is 1. The molecule has 2 aromatic carbocycles. The lowest BCUT2D eigenvalue weighted by Gasteiger charge is -2.18. The number of carbonyl (C=O) groups is 1. The number of para-hydroxylation sites is 1. The molecule has 0 aliphatic carbocycles. The second-order valence-electron chi connectivity index (χ2n) is 6.25. The van der Waals surface area contributed by atoms with Gasteiger partial charge >= 0.3 is 11.7 Å². The number of aromatic nitrogens is 2. The van der Waals surface area contributed by atoms with Crippen LogP contribution in [0, 0.1) is 0 Å². The molecule has 0 radical (unpaired) electrons. The Labute approximate surface area is 192 Å². The van der Waals surface area contributed by atoms with Crippen LogP contribution in [-0.4, -0.2) is 42.2 Å². The fourth-order valence-electron chi connectivity index (χ4n) is 2.73. The topological polar surface area (TPSA) is 112 Å². The summed E-state index contributed by atoms with van der Waals surface area (Å²) < 4.78 is 17.4. The van der Waals surface area contributed by atoms with Crippen molar-refractivity contribution in [3.8, 4) is 11.5 Å². The number of hydrogen-bond acceptors (Lipinski definition) is 7. The molecule has 0 fully saturated rings. The molecule has 162 valence electrons. The summed E-state index contributed by atoms with van der Waals surface area (Å²) >= 11 is 6.83. The first-order chi connectivity index (χ1) is 14.8. The highest BCUT2D eigenvalue weighted by Crippen LogP contribution is 2.42. The van der Waals surface area contributed by atoms with Crippen LogP contribution in [0.2, 0.25) is 0 Å². The number of nitrogens with one attached hydrogen (secondary N) is 1. The van der Waals surface area contributed by atoms with E-state index in [1.165, 1.54) is 20.4 Å². The van der Waals surface area contributed by atoms with Crippen LogP contribution in [0.15, 0.2) is 54.0 Å². The summed E-state index contributed by atoms with van der Waals surface area (Å²) in [7, 11) is 2.70. The molecular formula is C20H17Br2N3O6. The molecule has 3 rings (SSSR count). The Hall–Kier alpha value is -2.92. The van der Waals surface area contributed by atoms with Gasteiger partial charge in [0.1, 0.15) is 0 Å². The number of H-pyrrole nitrogens is 1. The second kappa shape index (κ2) is 9.48. The van der Waals surface area contributed by atoms with Crippen molar-refractivity contribution in [1.29, 1.82) is 0 Å². The third kappa shape index (κ3) is 4.57. The highest BCUT2D eigenvalue weighted by atomic mass is 79.9. The average Bonchev–Trinajstić information content (AvgIpc) is 2.77. The molecule has 0 saturated carbocycles. The van der Waals surface area contributed by atoms with E-state index < -0.39 is 23.3 Å². The number of hydrogen-bond donors (Lipinski definition) is 1. The number of nitrogens with zero attached hydrogens (tertiary/aromatic N) is 2. The van der Waals surface area contributed by atoms with Gasteiger partial charge in [0.25, 0.3) is 5.56 Å². The van der Waals surface area contributed by atoms with Crippen LogP contribution in [0.1, 0.15) is 12.5 Å². The van der Waals surface area contributed by atoms with E-state index in [2.05, 4.69) is 46.7 Å². The Morgan fingerprint density at radius 2 is 1.90 bits per heavy atom. The van der Waals surface area contributed by atoms with E-state index in [0.717, 1.165) is 4.68 Å². The van der Waals surface area contributed by atoms with Crippen molar-refractivity contribution in [1.82, 2.24) is 9.66 Å². The molecule has 1 aromatic heterocycles. The van der Waals surface area contributed by atoms with Gasteiger partial charge in [0.15, 0.2) is 17.6 Å². The van der Waals surface area contributed by atoms with Crippen molar-refractivity contribution in [3.05, 3.63) is 65.7 Å². The first kappa shape index (κ1) is 22.8.